The van der Waals surface area contributed by atoms with Crippen LogP contribution in [0.4, 0.5) is 10.5 Å². The van der Waals surface area contributed by atoms with E-state index >= 15 is 0 Å². The van der Waals surface area contributed by atoms with Crippen molar-refractivity contribution < 1.29 is 9.53 Å². The molecular formula is C18H21N5O2. The van der Waals surface area contributed by atoms with Gasteiger partial charge in [-0.3, -0.25) is 0 Å². The molecule has 3 aromatic rings. The van der Waals surface area contributed by atoms with Crippen molar-refractivity contribution in [2.24, 2.45) is 0 Å². The van der Waals surface area contributed by atoms with Crippen LogP contribution in [0.5, 0.6) is 5.75 Å². The van der Waals surface area contributed by atoms with E-state index in [0.717, 1.165) is 29.7 Å². The second kappa shape index (κ2) is 7.65. The van der Waals surface area contributed by atoms with Crippen molar-refractivity contribution in [3.63, 3.8) is 0 Å². The minimum Gasteiger partial charge on any atom is -0.495 e. The first-order valence-electron chi connectivity index (χ1n) is 8.14. The molecule has 7 nitrogen and oxygen atoms in total. The van der Waals surface area contributed by atoms with Crippen molar-refractivity contribution in [3.05, 3.63) is 54.0 Å². The second-order valence-electron chi connectivity index (χ2n) is 5.74. The Balaban J connectivity index is 1.46. The lowest BCUT2D eigenvalue weighted by Crippen LogP contribution is -2.29. The summed E-state index contributed by atoms with van der Waals surface area (Å²) in [4.78, 5) is 16.3. The molecule has 0 saturated carbocycles. The average molecular weight is 339 g/mol. The topological polar surface area (TPSA) is 80.5 Å². The second-order valence-corrected chi connectivity index (χ2v) is 5.74. The van der Waals surface area contributed by atoms with Gasteiger partial charge in [-0.25, -0.2) is 14.3 Å². The van der Waals surface area contributed by atoms with Crippen LogP contribution in [-0.4, -0.2) is 34.3 Å². The quantitative estimate of drug-likeness (QED) is 0.677. The van der Waals surface area contributed by atoms with Gasteiger partial charge in [0.15, 0.2) is 5.65 Å². The first-order valence-corrected chi connectivity index (χ1v) is 8.14. The summed E-state index contributed by atoms with van der Waals surface area (Å²) < 4.78 is 6.99. The van der Waals surface area contributed by atoms with Crippen LogP contribution >= 0.6 is 0 Å². The first kappa shape index (κ1) is 16.8. The zero-order chi connectivity index (χ0) is 17.6. The Kier molecular flexibility index (Phi) is 5.13. The predicted molar refractivity (Wildman–Crippen MR) is 96.1 cm³/mol. The largest absolute Gasteiger partial charge is 0.495 e. The molecule has 0 aliphatic heterocycles. The summed E-state index contributed by atoms with van der Waals surface area (Å²) in [5.74, 6) is 0.631. The molecule has 0 bridgehead atoms. The molecule has 3 rings (SSSR count). The fourth-order valence-corrected chi connectivity index (χ4v) is 2.57. The number of amides is 2. The van der Waals surface area contributed by atoms with Crippen molar-refractivity contribution in [1.82, 2.24) is 19.9 Å². The standard InChI is InChI=1S/C18H21N5O2/c1-13-10-17-20-11-14(12-23(17)22-13)6-5-9-19-18(24)21-15-7-3-4-8-16(15)25-2/h3-4,7-8,10-12H,5-6,9H2,1-2H3,(H2,19,21,24). The minimum atomic E-state index is -0.249. The van der Waals surface area contributed by atoms with Crippen LogP contribution in [0.3, 0.4) is 0 Å². The minimum absolute atomic E-state index is 0.249. The molecular weight excluding hydrogens is 318 g/mol. The SMILES string of the molecule is COc1ccccc1NC(=O)NCCCc1cnc2cc(C)nn2c1. The lowest BCUT2D eigenvalue weighted by molar-refractivity contribution is 0.252. The van der Waals surface area contributed by atoms with Crippen LogP contribution in [0.2, 0.25) is 0 Å². The number of hydrogen-bond donors (Lipinski definition) is 2. The van der Waals surface area contributed by atoms with E-state index in [4.69, 9.17) is 4.74 Å². The van der Waals surface area contributed by atoms with Gasteiger partial charge in [-0.15, -0.1) is 0 Å². The van der Waals surface area contributed by atoms with E-state index in [0.29, 0.717) is 18.0 Å². The molecule has 25 heavy (non-hydrogen) atoms. The van der Waals surface area contributed by atoms with Crippen LogP contribution in [-0.2, 0) is 6.42 Å². The highest BCUT2D eigenvalue weighted by atomic mass is 16.5. The van der Waals surface area contributed by atoms with Crippen molar-refractivity contribution >= 4 is 17.4 Å². The maximum atomic E-state index is 12.0. The molecule has 130 valence electrons. The molecule has 0 fully saturated rings. The van der Waals surface area contributed by atoms with Gasteiger partial charge in [0.25, 0.3) is 0 Å². The Morgan fingerprint density at radius 2 is 2.16 bits per heavy atom. The van der Waals surface area contributed by atoms with E-state index < -0.39 is 0 Å². The molecule has 2 N–H and O–H groups in total. The van der Waals surface area contributed by atoms with E-state index in [-0.39, 0.29) is 6.03 Å². The summed E-state index contributed by atoms with van der Waals surface area (Å²) >= 11 is 0. The smallest absolute Gasteiger partial charge is 0.319 e. The third kappa shape index (κ3) is 4.26. The number of para-hydroxylation sites is 2. The fourth-order valence-electron chi connectivity index (χ4n) is 2.57. The van der Waals surface area contributed by atoms with E-state index in [9.17, 15) is 4.79 Å². The fraction of sp³-hybridized carbons (Fsp3) is 0.278. The van der Waals surface area contributed by atoms with Gasteiger partial charge in [0.2, 0.25) is 0 Å². The van der Waals surface area contributed by atoms with Crippen molar-refractivity contribution in [3.8, 4) is 5.75 Å². The molecule has 7 heteroatoms. The van der Waals surface area contributed by atoms with Gasteiger partial charge < -0.3 is 15.4 Å². The summed E-state index contributed by atoms with van der Waals surface area (Å²) in [6.07, 6.45) is 5.46. The molecule has 0 aliphatic rings. The number of methoxy groups -OCH3 is 1. The van der Waals surface area contributed by atoms with Gasteiger partial charge in [-0.2, -0.15) is 5.10 Å². The van der Waals surface area contributed by atoms with Crippen LogP contribution in [0, 0.1) is 6.92 Å². The number of fused-ring (bicyclic) bond motifs is 1. The third-order valence-corrected chi connectivity index (χ3v) is 3.77. The molecule has 0 radical (unpaired) electrons. The average Bonchev–Trinajstić information content (AvgIpc) is 2.98. The number of ether oxygens (including phenoxy) is 1. The number of anilines is 1. The molecule has 2 heterocycles. The highest BCUT2D eigenvalue weighted by Crippen LogP contribution is 2.22. The molecule has 0 spiro atoms. The lowest BCUT2D eigenvalue weighted by atomic mass is 10.2. The Morgan fingerprint density at radius 1 is 1.32 bits per heavy atom. The normalized spacial score (nSPS) is 10.6. The summed E-state index contributed by atoms with van der Waals surface area (Å²) in [5.41, 5.74) is 3.52. The maximum absolute atomic E-state index is 12.0. The molecule has 0 atom stereocenters. The van der Waals surface area contributed by atoms with Gasteiger partial charge in [-0.1, -0.05) is 12.1 Å². The van der Waals surface area contributed by atoms with Gasteiger partial charge in [-0.05, 0) is 37.5 Å². The van der Waals surface area contributed by atoms with Crippen molar-refractivity contribution in [1.29, 1.82) is 0 Å². The third-order valence-electron chi connectivity index (χ3n) is 3.77. The van der Waals surface area contributed by atoms with Crippen LogP contribution in [0.15, 0.2) is 42.7 Å². The van der Waals surface area contributed by atoms with Crippen LogP contribution in [0.25, 0.3) is 5.65 Å². The summed E-state index contributed by atoms with van der Waals surface area (Å²) in [7, 11) is 1.57. The van der Waals surface area contributed by atoms with Gasteiger partial charge in [0, 0.05) is 25.0 Å². The number of aromatic nitrogens is 3. The van der Waals surface area contributed by atoms with Gasteiger partial charge in [0.1, 0.15) is 5.75 Å². The molecule has 1 aromatic carbocycles. The Labute approximate surface area is 146 Å². The van der Waals surface area contributed by atoms with Gasteiger partial charge in [0.05, 0.1) is 18.5 Å². The number of hydrogen-bond acceptors (Lipinski definition) is 4. The summed E-state index contributed by atoms with van der Waals surface area (Å²) in [6, 6.07) is 8.99. The highest BCUT2D eigenvalue weighted by Gasteiger charge is 2.06. The monoisotopic (exact) mass is 339 g/mol. The Bertz CT molecular complexity index is 875. The van der Waals surface area contributed by atoms with E-state index in [1.807, 2.05) is 37.5 Å². The number of urea groups is 1. The van der Waals surface area contributed by atoms with Crippen LogP contribution < -0.4 is 15.4 Å². The van der Waals surface area contributed by atoms with E-state index in [1.54, 1.807) is 23.8 Å². The molecule has 2 amide bonds. The highest BCUT2D eigenvalue weighted by molar-refractivity contribution is 5.90. The Hall–Kier alpha value is -3.09. The Morgan fingerprint density at radius 3 is 3.00 bits per heavy atom. The van der Waals surface area contributed by atoms with Crippen molar-refractivity contribution in [2.75, 3.05) is 19.0 Å². The lowest BCUT2D eigenvalue weighted by Gasteiger charge is -2.10. The number of carbonyl (C=O) groups is 1. The van der Waals surface area contributed by atoms with E-state index in [2.05, 4.69) is 20.7 Å². The van der Waals surface area contributed by atoms with E-state index in [1.165, 1.54) is 0 Å². The van der Waals surface area contributed by atoms with Gasteiger partial charge >= 0.3 is 6.03 Å². The zero-order valence-corrected chi connectivity index (χ0v) is 14.3. The summed E-state index contributed by atoms with van der Waals surface area (Å²) in [6.45, 7) is 2.51. The number of carbonyl (C=O) groups excluding carboxylic acids is 1. The first-order chi connectivity index (χ1) is 12.2. The predicted octanol–water partition coefficient (Wildman–Crippen LogP) is 2.80. The number of benzene rings is 1. The van der Waals surface area contributed by atoms with Crippen LogP contribution in [0.1, 0.15) is 17.7 Å². The zero-order valence-electron chi connectivity index (χ0n) is 14.3. The molecule has 0 aliphatic carbocycles. The summed E-state index contributed by atoms with van der Waals surface area (Å²) in [5, 5.41) is 9.99. The maximum Gasteiger partial charge on any atom is 0.319 e. The molecule has 2 aromatic heterocycles. The number of rotatable bonds is 6. The number of aryl methyl sites for hydroxylation is 2. The van der Waals surface area contributed by atoms with Crippen molar-refractivity contribution in [2.45, 2.75) is 19.8 Å². The molecule has 0 unspecified atom stereocenters. The number of nitrogens with one attached hydrogen (secondary N) is 2. The number of nitrogens with zero attached hydrogens (tertiary/aromatic N) is 3. The molecule has 0 saturated heterocycles.